The second-order valence-corrected chi connectivity index (χ2v) is 5.02. The van der Waals surface area contributed by atoms with Crippen LogP contribution in [-0.2, 0) is 11.3 Å². The van der Waals surface area contributed by atoms with Gasteiger partial charge in [0.1, 0.15) is 6.54 Å². The standard InChI is InChI=1S/C13H19N3O3S/c1-20-8-7-16(19)12(17)10-15-13(18)14-9-11-5-3-2-4-6-11/h2-6,19H,7-10H2,1H3,(H2,14,15,18). The van der Waals surface area contributed by atoms with Gasteiger partial charge in [0.15, 0.2) is 0 Å². The van der Waals surface area contributed by atoms with E-state index >= 15 is 0 Å². The number of hydroxylamine groups is 2. The molecule has 0 saturated carbocycles. The molecule has 1 aromatic rings. The third-order valence-electron chi connectivity index (χ3n) is 2.49. The van der Waals surface area contributed by atoms with Crippen LogP contribution in [0.1, 0.15) is 5.56 Å². The Balaban J connectivity index is 2.21. The number of thioether (sulfide) groups is 1. The van der Waals surface area contributed by atoms with Crippen molar-refractivity contribution >= 4 is 23.7 Å². The van der Waals surface area contributed by atoms with Crippen LogP contribution >= 0.6 is 11.8 Å². The minimum Gasteiger partial charge on any atom is -0.334 e. The van der Waals surface area contributed by atoms with Crippen molar-refractivity contribution in [2.24, 2.45) is 0 Å². The summed E-state index contributed by atoms with van der Waals surface area (Å²) in [5.41, 5.74) is 0.970. The van der Waals surface area contributed by atoms with Gasteiger partial charge >= 0.3 is 6.03 Å². The van der Waals surface area contributed by atoms with E-state index in [1.54, 1.807) is 0 Å². The van der Waals surface area contributed by atoms with Crippen molar-refractivity contribution in [3.05, 3.63) is 35.9 Å². The van der Waals surface area contributed by atoms with Crippen molar-refractivity contribution in [3.8, 4) is 0 Å². The molecule has 6 nitrogen and oxygen atoms in total. The largest absolute Gasteiger partial charge is 0.334 e. The highest BCUT2D eigenvalue weighted by molar-refractivity contribution is 7.98. The molecule has 3 N–H and O–H groups in total. The quantitative estimate of drug-likeness (QED) is 0.519. The first-order valence-corrected chi connectivity index (χ1v) is 7.56. The summed E-state index contributed by atoms with van der Waals surface area (Å²) in [5, 5.41) is 15.0. The highest BCUT2D eigenvalue weighted by Crippen LogP contribution is 1.97. The molecule has 0 aromatic heterocycles. The molecule has 7 heteroatoms. The summed E-state index contributed by atoms with van der Waals surface area (Å²) in [7, 11) is 0. The maximum Gasteiger partial charge on any atom is 0.315 e. The molecule has 110 valence electrons. The predicted molar refractivity (Wildman–Crippen MR) is 78.6 cm³/mol. The minimum absolute atomic E-state index is 0.231. The van der Waals surface area contributed by atoms with Gasteiger partial charge in [-0.2, -0.15) is 11.8 Å². The fourth-order valence-corrected chi connectivity index (χ4v) is 1.75. The van der Waals surface area contributed by atoms with Gasteiger partial charge in [0.05, 0.1) is 6.54 Å². The van der Waals surface area contributed by atoms with Crippen molar-refractivity contribution in [1.29, 1.82) is 0 Å². The zero-order valence-electron chi connectivity index (χ0n) is 11.3. The minimum atomic E-state index is -0.533. The van der Waals surface area contributed by atoms with Crippen molar-refractivity contribution in [3.63, 3.8) is 0 Å². The SMILES string of the molecule is CSCCN(O)C(=O)CNC(=O)NCc1ccccc1. The van der Waals surface area contributed by atoms with E-state index in [2.05, 4.69) is 10.6 Å². The first kappa shape index (κ1) is 16.3. The Morgan fingerprint density at radius 1 is 1.25 bits per heavy atom. The summed E-state index contributed by atoms with van der Waals surface area (Å²) in [6.07, 6.45) is 1.88. The number of amides is 3. The molecule has 20 heavy (non-hydrogen) atoms. The number of benzene rings is 1. The summed E-state index contributed by atoms with van der Waals surface area (Å²) in [6, 6.07) is 9.00. The van der Waals surface area contributed by atoms with Crippen LogP contribution in [0.2, 0.25) is 0 Å². The second kappa shape index (κ2) is 9.22. The molecule has 0 bridgehead atoms. The van der Waals surface area contributed by atoms with Crippen LogP contribution in [0.4, 0.5) is 4.79 Å². The Bertz CT molecular complexity index is 428. The lowest BCUT2D eigenvalue weighted by atomic mass is 10.2. The number of carbonyl (C=O) groups is 2. The maximum atomic E-state index is 11.5. The first-order chi connectivity index (χ1) is 9.63. The summed E-state index contributed by atoms with van der Waals surface area (Å²) in [5.74, 6) is 0.108. The number of rotatable bonds is 7. The topological polar surface area (TPSA) is 81.7 Å². The number of nitrogens with zero attached hydrogens (tertiary/aromatic N) is 1. The van der Waals surface area contributed by atoms with Gasteiger partial charge in [-0.05, 0) is 11.8 Å². The van der Waals surface area contributed by atoms with E-state index in [4.69, 9.17) is 0 Å². The fraction of sp³-hybridized carbons (Fsp3) is 0.385. The molecule has 3 amide bonds. The molecule has 0 aliphatic carbocycles. The molecule has 0 aliphatic rings. The van der Waals surface area contributed by atoms with Gasteiger partial charge < -0.3 is 10.6 Å². The van der Waals surface area contributed by atoms with E-state index in [1.165, 1.54) is 11.8 Å². The van der Waals surface area contributed by atoms with Gasteiger partial charge in [0, 0.05) is 12.3 Å². The Labute approximate surface area is 122 Å². The average molecular weight is 297 g/mol. The number of hydrogen-bond donors (Lipinski definition) is 3. The molecule has 0 atom stereocenters. The summed E-state index contributed by atoms with van der Waals surface area (Å²) in [6.45, 7) is 0.398. The molecule has 0 saturated heterocycles. The number of carbonyl (C=O) groups excluding carboxylic acids is 2. The zero-order valence-corrected chi connectivity index (χ0v) is 12.2. The van der Waals surface area contributed by atoms with Gasteiger partial charge in [-0.1, -0.05) is 30.3 Å². The van der Waals surface area contributed by atoms with Crippen LogP contribution < -0.4 is 10.6 Å². The monoisotopic (exact) mass is 297 g/mol. The lowest BCUT2D eigenvalue weighted by Crippen LogP contribution is -2.43. The molecule has 0 fully saturated rings. The fourth-order valence-electron chi connectivity index (χ4n) is 1.39. The zero-order chi connectivity index (χ0) is 14.8. The molecule has 1 rings (SSSR count). The van der Waals surface area contributed by atoms with E-state index in [1.807, 2.05) is 36.6 Å². The van der Waals surface area contributed by atoms with E-state index in [0.717, 1.165) is 5.56 Å². The molecule has 0 aliphatic heterocycles. The average Bonchev–Trinajstić information content (AvgIpc) is 2.49. The number of hydrogen-bond acceptors (Lipinski definition) is 4. The number of nitrogens with one attached hydrogen (secondary N) is 2. The third-order valence-corrected chi connectivity index (χ3v) is 3.08. The predicted octanol–water partition coefficient (Wildman–Crippen LogP) is 1.07. The van der Waals surface area contributed by atoms with Crippen LogP contribution in [0, 0.1) is 0 Å². The van der Waals surface area contributed by atoms with E-state index in [-0.39, 0.29) is 13.1 Å². The van der Waals surface area contributed by atoms with Crippen molar-refractivity contribution in [2.45, 2.75) is 6.54 Å². The van der Waals surface area contributed by atoms with Crippen molar-refractivity contribution < 1.29 is 14.8 Å². The van der Waals surface area contributed by atoms with Gasteiger partial charge in [-0.25, -0.2) is 9.86 Å². The molecule has 1 aromatic carbocycles. The molecule has 0 unspecified atom stereocenters. The third kappa shape index (κ3) is 6.44. The van der Waals surface area contributed by atoms with Crippen LogP contribution in [0.5, 0.6) is 0 Å². The molecular formula is C13H19N3O3S. The van der Waals surface area contributed by atoms with Crippen LogP contribution in [0.15, 0.2) is 30.3 Å². The highest BCUT2D eigenvalue weighted by atomic mass is 32.2. The van der Waals surface area contributed by atoms with Crippen molar-refractivity contribution in [2.75, 3.05) is 25.1 Å². The van der Waals surface area contributed by atoms with E-state index < -0.39 is 11.9 Å². The van der Waals surface area contributed by atoms with Crippen LogP contribution in [0.25, 0.3) is 0 Å². The van der Waals surface area contributed by atoms with Gasteiger partial charge in [-0.15, -0.1) is 0 Å². The van der Waals surface area contributed by atoms with Crippen LogP contribution in [0.3, 0.4) is 0 Å². The Kier molecular flexibility index (Phi) is 7.52. The smallest absolute Gasteiger partial charge is 0.315 e. The molecule has 0 heterocycles. The first-order valence-electron chi connectivity index (χ1n) is 6.17. The van der Waals surface area contributed by atoms with Gasteiger partial charge in [0.25, 0.3) is 5.91 Å². The van der Waals surface area contributed by atoms with Gasteiger partial charge in [-0.3, -0.25) is 10.0 Å². The Morgan fingerprint density at radius 2 is 1.95 bits per heavy atom. The molecular weight excluding hydrogens is 278 g/mol. The number of urea groups is 1. The summed E-state index contributed by atoms with van der Waals surface area (Å²) >= 11 is 1.52. The van der Waals surface area contributed by atoms with E-state index in [9.17, 15) is 14.8 Å². The Hall–Kier alpha value is -1.73. The summed E-state index contributed by atoms with van der Waals surface area (Å²) in [4.78, 5) is 22.9. The lowest BCUT2D eigenvalue weighted by molar-refractivity contribution is -0.162. The summed E-state index contributed by atoms with van der Waals surface area (Å²) < 4.78 is 0. The van der Waals surface area contributed by atoms with Crippen molar-refractivity contribution in [1.82, 2.24) is 15.7 Å². The normalized spacial score (nSPS) is 9.90. The van der Waals surface area contributed by atoms with Gasteiger partial charge in [0.2, 0.25) is 0 Å². The van der Waals surface area contributed by atoms with Crippen LogP contribution in [-0.4, -0.2) is 47.3 Å². The lowest BCUT2D eigenvalue weighted by Gasteiger charge is -2.14. The highest BCUT2D eigenvalue weighted by Gasteiger charge is 2.11. The molecule has 0 radical (unpaired) electrons. The van der Waals surface area contributed by atoms with E-state index in [0.29, 0.717) is 17.4 Å². The maximum absolute atomic E-state index is 11.5. The Morgan fingerprint density at radius 3 is 2.60 bits per heavy atom. The second-order valence-electron chi connectivity index (χ2n) is 4.03. The molecule has 0 spiro atoms.